The van der Waals surface area contributed by atoms with Crippen molar-refractivity contribution in [3.8, 4) is 0 Å². The molecular formula is C35H39N3O4S. The van der Waals surface area contributed by atoms with Gasteiger partial charge in [-0.3, -0.25) is 14.4 Å². The van der Waals surface area contributed by atoms with Gasteiger partial charge in [0.05, 0.1) is 29.2 Å². The lowest BCUT2D eigenvalue weighted by molar-refractivity contribution is -0.147. The highest BCUT2D eigenvalue weighted by molar-refractivity contribution is 8.02. The molecule has 7 rings (SSSR count). The van der Waals surface area contributed by atoms with Gasteiger partial charge in [-0.1, -0.05) is 92.1 Å². The third kappa shape index (κ3) is 4.74. The molecule has 0 aromatic heterocycles. The zero-order chi connectivity index (χ0) is 29.6. The number of likely N-dealkylation sites (tertiary alicyclic amines) is 1. The summed E-state index contributed by atoms with van der Waals surface area (Å²) in [4.78, 5) is 49.6. The number of benzene rings is 2. The van der Waals surface area contributed by atoms with Gasteiger partial charge in [0.15, 0.2) is 0 Å². The molecule has 7 nitrogen and oxygen atoms in total. The second-order valence-corrected chi connectivity index (χ2v) is 14.0. The van der Waals surface area contributed by atoms with Gasteiger partial charge >= 0.3 is 0 Å². The summed E-state index contributed by atoms with van der Waals surface area (Å²) in [6.45, 7) is 0.687. The molecule has 1 saturated carbocycles. The van der Waals surface area contributed by atoms with Crippen LogP contribution in [0.15, 0.2) is 85.0 Å². The molecule has 4 aliphatic heterocycles. The minimum Gasteiger partial charge on any atom is -0.394 e. The maximum atomic E-state index is 14.8. The van der Waals surface area contributed by atoms with Crippen LogP contribution in [-0.4, -0.2) is 80.4 Å². The normalized spacial score (nSPS) is 31.5. The van der Waals surface area contributed by atoms with Gasteiger partial charge in [0.2, 0.25) is 17.7 Å². The van der Waals surface area contributed by atoms with Gasteiger partial charge in [-0.15, -0.1) is 11.8 Å². The van der Waals surface area contributed by atoms with E-state index in [1.54, 1.807) is 21.6 Å². The van der Waals surface area contributed by atoms with E-state index in [0.717, 1.165) is 36.9 Å². The molecule has 43 heavy (non-hydrogen) atoms. The third-order valence-electron chi connectivity index (χ3n) is 10.1. The summed E-state index contributed by atoms with van der Waals surface area (Å²) in [6, 6.07) is 18.2. The number of thioether (sulfide) groups is 1. The summed E-state index contributed by atoms with van der Waals surface area (Å²) in [5, 5.41) is 10.6. The molecule has 5 aliphatic rings. The van der Waals surface area contributed by atoms with Gasteiger partial charge in [-0.05, 0) is 37.0 Å². The second kappa shape index (κ2) is 11.6. The number of aliphatic hydroxyl groups is 1. The van der Waals surface area contributed by atoms with Crippen LogP contribution in [0.25, 0.3) is 0 Å². The fraction of sp³-hybridized carbons (Fsp3) is 0.457. The molecular weight excluding hydrogens is 558 g/mol. The molecule has 1 spiro atoms. The quantitative estimate of drug-likeness (QED) is 0.505. The van der Waals surface area contributed by atoms with E-state index >= 15 is 0 Å². The lowest BCUT2D eigenvalue weighted by atomic mass is 9.78. The average Bonchev–Trinajstić information content (AvgIpc) is 3.36. The first-order valence-corrected chi connectivity index (χ1v) is 16.6. The van der Waals surface area contributed by atoms with Crippen molar-refractivity contribution in [2.75, 3.05) is 24.6 Å². The van der Waals surface area contributed by atoms with Crippen molar-refractivity contribution < 1.29 is 19.5 Å². The van der Waals surface area contributed by atoms with Crippen molar-refractivity contribution in [1.82, 2.24) is 9.80 Å². The Morgan fingerprint density at radius 2 is 1.58 bits per heavy atom. The maximum absolute atomic E-state index is 14.8. The van der Waals surface area contributed by atoms with E-state index in [-0.39, 0.29) is 35.6 Å². The van der Waals surface area contributed by atoms with Crippen LogP contribution in [-0.2, 0) is 20.8 Å². The summed E-state index contributed by atoms with van der Waals surface area (Å²) in [5.74, 6) is -1.63. The number of carbonyl (C=O) groups excluding carboxylic acids is 3. The van der Waals surface area contributed by atoms with E-state index in [0.29, 0.717) is 19.5 Å². The molecule has 6 atom stereocenters. The van der Waals surface area contributed by atoms with E-state index in [1.165, 1.54) is 6.42 Å². The van der Waals surface area contributed by atoms with E-state index in [4.69, 9.17) is 0 Å². The van der Waals surface area contributed by atoms with Crippen molar-refractivity contribution >= 4 is 35.2 Å². The zero-order valence-electron chi connectivity index (χ0n) is 24.3. The number of aliphatic hydroxyl groups excluding tert-OH is 1. The molecule has 3 amide bonds. The van der Waals surface area contributed by atoms with Crippen LogP contribution in [0.5, 0.6) is 0 Å². The van der Waals surface area contributed by atoms with Crippen molar-refractivity contribution in [3.63, 3.8) is 0 Å². The molecule has 0 bridgehead atoms. The lowest BCUT2D eigenvalue weighted by Crippen LogP contribution is -2.58. The van der Waals surface area contributed by atoms with E-state index in [1.807, 2.05) is 71.6 Å². The summed E-state index contributed by atoms with van der Waals surface area (Å²) >= 11 is 1.61. The van der Waals surface area contributed by atoms with Crippen molar-refractivity contribution in [3.05, 3.63) is 90.5 Å². The Morgan fingerprint density at radius 3 is 2.30 bits per heavy atom. The highest BCUT2D eigenvalue weighted by atomic mass is 32.2. The first-order valence-electron chi connectivity index (χ1n) is 15.7. The number of nitrogens with zero attached hydrogens (tertiary/aromatic N) is 3. The fourth-order valence-corrected chi connectivity index (χ4v) is 10.2. The summed E-state index contributed by atoms with van der Waals surface area (Å²) in [6.07, 6.45) is 14.0. The predicted molar refractivity (Wildman–Crippen MR) is 168 cm³/mol. The monoisotopic (exact) mass is 597 g/mol. The number of anilines is 1. The number of hydrogen-bond acceptors (Lipinski definition) is 5. The number of carbonyl (C=O) groups is 3. The first-order chi connectivity index (χ1) is 21.0. The van der Waals surface area contributed by atoms with Gasteiger partial charge in [0.1, 0.15) is 6.04 Å². The topological polar surface area (TPSA) is 81.2 Å². The first kappa shape index (κ1) is 28.4. The number of para-hydroxylation sites is 1. The lowest BCUT2D eigenvalue weighted by Gasteiger charge is -2.41. The maximum Gasteiger partial charge on any atom is 0.247 e. The van der Waals surface area contributed by atoms with Crippen molar-refractivity contribution in [2.45, 2.75) is 66.6 Å². The number of amides is 3. The molecule has 8 heteroatoms. The van der Waals surface area contributed by atoms with Crippen LogP contribution in [0.3, 0.4) is 0 Å². The van der Waals surface area contributed by atoms with Crippen LogP contribution < -0.4 is 4.90 Å². The van der Waals surface area contributed by atoms with Crippen LogP contribution in [0, 0.1) is 11.8 Å². The molecule has 1 aliphatic carbocycles. The number of rotatable bonds is 6. The molecule has 3 fully saturated rings. The van der Waals surface area contributed by atoms with Crippen LogP contribution in [0.2, 0.25) is 0 Å². The molecule has 2 saturated heterocycles. The standard InChI is InChI=1S/C35H39N3O4S/c39-23-27(22-24-12-4-1-5-13-24)38-31-34(42)37(26-16-8-3-9-17-26)21-11-19-35(31)30(33(38)41)29-28(43-35)18-10-20-36(32(29)40)25-14-6-2-7-15-25/h1-2,4-7,10-15,18-19,26-31,39H,3,8-9,16-17,20-23H2/t27-,28+,29-,30+,31?,35+/m1/s1. The molecule has 2 aromatic rings. The van der Waals surface area contributed by atoms with Gasteiger partial charge in [-0.25, -0.2) is 0 Å². The Bertz CT molecular complexity index is 1430. The third-order valence-corrected chi connectivity index (χ3v) is 11.9. The second-order valence-electron chi connectivity index (χ2n) is 12.5. The number of fused-ring (bicyclic) bond motifs is 2. The smallest absolute Gasteiger partial charge is 0.247 e. The van der Waals surface area contributed by atoms with Gasteiger partial charge < -0.3 is 19.8 Å². The molecule has 2 aromatic carbocycles. The summed E-state index contributed by atoms with van der Waals surface area (Å²) in [5.41, 5.74) is 1.80. The van der Waals surface area contributed by atoms with Gasteiger partial charge in [0.25, 0.3) is 0 Å². The zero-order valence-corrected chi connectivity index (χ0v) is 25.1. The molecule has 1 N–H and O–H groups in total. The van der Waals surface area contributed by atoms with Gasteiger partial charge in [0, 0.05) is 30.1 Å². The highest BCUT2D eigenvalue weighted by Crippen LogP contribution is 2.61. The molecule has 224 valence electrons. The predicted octanol–water partition coefficient (Wildman–Crippen LogP) is 4.22. The Labute approximate surface area is 257 Å². The highest BCUT2D eigenvalue weighted by Gasteiger charge is 2.72. The Kier molecular flexibility index (Phi) is 7.68. The summed E-state index contributed by atoms with van der Waals surface area (Å²) in [7, 11) is 0. The minimum absolute atomic E-state index is 0.0421. The average molecular weight is 598 g/mol. The SMILES string of the molecule is O=C1[C@@H]2[C@H](C=CCN1c1ccccc1)S[C@]13C=CCN(C4CCCCC4)C(=O)C1N([C@@H](CO)Cc1ccccc1)C(=O)[C@H]23. The fourth-order valence-electron chi connectivity index (χ4n) is 8.19. The molecule has 1 unspecified atom stereocenters. The van der Waals surface area contributed by atoms with Crippen LogP contribution in [0.4, 0.5) is 5.69 Å². The minimum atomic E-state index is -0.892. The van der Waals surface area contributed by atoms with Crippen molar-refractivity contribution in [2.24, 2.45) is 11.8 Å². The summed E-state index contributed by atoms with van der Waals surface area (Å²) < 4.78 is -0.892. The Hall–Kier alpha value is -3.36. The van der Waals surface area contributed by atoms with Crippen molar-refractivity contribution in [1.29, 1.82) is 0 Å². The number of hydrogen-bond donors (Lipinski definition) is 1. The molecule has 0 radical (unpaired) electrons. The van der Waals surface area contributed by atoms with Crippen LogP contribution in [0.1, 0.15) is 37.7 Å². The Morgan fingerprint density at radius 1 is 0.860 bits per heavy atom. The van der Waals surface area contributed by atoms with Gasteiger partial charge in [-0.2, -0.15) is 0 Å². The van der Waals surface area contributed by atoms with Crippen LogP contribution >= 0.6 is 11.8 Å². The largest absolute Gasteiger partial charge is 0.394 e. The van der Waals surface area contributed by atoms with E-state index in [2.05, 4.69) is 18.2 Å². The molecule has 4 heterocycles. The Balaban J connectivity index is 1.32. The van der Waals surface area contributed by atoms with E-state index in [9.17, 15) is 19.5 Å². The van der Waals surface area contributed by atoms with E-state index < -0.39 is 28.7 Å².